The van der Waals surface area contributed by atoms with Gasteiger partial charge in [-0.25, -0.2) is 14.6 Å². The number of alkyl carbamates (subject to hydrolysis) is 1. The van der Waals surface area contributed by atoms with Crippen molar-refractivity contribution in [1.29, 1.82) is 0 Å². The quantitative estimate of drug-likeness (QED) is 0.309. The molecule has 1 heterocycles. The molecule has 1 aromatic carbocycles. The Morgan fingerprint density at radius 1 is 1.00 bits per heavy atom. The van der Waals surface area contributed by atoms with Gasteiger partial charge in [0.05, 0.1) is 13.5 Å². The largest absolute Gasteiger partial charge is 0.469 e. The summed E-state index contributed by atoms with van der Waals surface area (Å²) in [4.78, 5) is 39.5. The van der Waals surface area contributed by atoms with Crippen LogP contribution < -0.4 is 10.6 Å². The highest BCUT2D eigenvalue weighted by atomic mass is 16.6. The summed E-state index contributed by atoms with van der Waals surface area (Å²) in [6.45, 7) is 4.98. The number of carbonyl (C=O) groups excluding carboxylic acids is 3. The van der Waals surface area contributed by atoms with Crippen LogP contribution in [0.25, 0.3) is 0 Å². The zero-order chi connectivity index (χ0) is 27.3. The van der Waals surface area contributed by atoms with E-state index >= 15 is 0 Å². The molecule has 10 nitrogen and oxygen atoms in total. The van der Waals surface area contributed by atoms with Crippen molar-refractivity contribution < 1.29 is 33.7 Å². The minimum atomic E-state index is -0.667. The molecule has 0 unspecified atom stereocenters. The second kappa shape index (κ2) is 14.1. The Morgan fingerprint density at radius 3 is 2.30 bits per heavy atom. The molecule has 0 bridgehead atoms. The van der Waals surface area contributed by atoms with Gasteiger partial charge in [-0.1, -0.05) is 29.7 Å². The Morgan fingerprint density at radius 2 is 1.70 bits per heavy atom. The summed E-state index contributed by atoms with van der Waals surface area (Å²) < 4.78 is 14.9. The first-order chi connectivity index (χ1) is 17.6. The number of nitrogens with one attached hydrogen (secondary N) is 2. The average Bonchev–Trinajstić information content (AvgIpc) is 2.83. The number of pyridine rings is 1. The number of aliphatic hydroxyl groups is 1. The van der Waals surface area contributed by atoms with Crippen LogP contribution in [-0.4, -0.2) is 54.2 Å². The van der Waals surface area contributed by atoms with Gasteiger partial charge >= 0.3 is 18.2 Å². The molecule has 0 spiro atoms. The maximum Gasteiger partial charge on any atom is 0.413 e. The lowest BCUT2D eigenvalue weighted by molar-refractivity contribution is -0.139. The number of amides is 2. The highest BCUT2D eigenvalue weighted by molar-refractivity contribution is 5.83. The number of nitrogens with zero attached hydrogens (tertiary/aromatic N) is 1. The smallest absolute Gasteiger partial charge is 0.413 e. The molecule has 2 amide bonds. The molecule has 2 aromatic rings. The van der Waals surface area contributed by atoms with E-state index in [2.05, 4.69) is 39.3 Å². The van der Waals surface area contributed by atoms with Crippen molar-refractivity contribution in [2.45, 2.75) is 39.3 Å². The van der Waals surface area contributed by atoms with Gasteiger partial charge < -0.3 is 24.6 Å². The van der Waals surface area contributed by atoms with E-state index < -0.39 is 23.8 Å². The van der Waals surface area contributed by atoms with Crippen molar-refractivity contribution in [2.24, 2.45) is 0 Å². The summed E-state index contributed by atoms with van der Waals surface area (Å²) in [5.41, 5.74) is 1.88. The van der Waals surface area contributed by atoms with Crippen molar-refractivity contribution in [3.8, 4) is 23.7 Å². The van der Waals surface area contributed by atoms with Gasteiger partial charge in [-0.05, 0) is 56.2 Å². The van der Waals surface area contributed by atoms with Gasteiger partial charge in [0.2, 0.25) is 0 Å². The van der Waals surface area contributed by atoms with Crippen molar-refractivity contribution in [3.05, 3.63) is 58.8 Å². The SMILES string of the molecule is COC(=O)Cc1cc(C#CCO)cc(C#CCOC(=O)NCc2ccc(NC(=O)OC(C)(C)C)nc2)c1. The highest BCUT2D eigenvalue weighted by Crippen LogP contribution is 2.12. The van der Waals surface area contributed by atoms with Gasteiger partial charge in [-0.2, -0.15) is 0 Å². The average molecular weight is 508 g/mol. The summed E-state index contributed by atoms with van der Waals surface area (Å²) >= 11 is 0. The lowest BCUT2D eigenvalue weighted by atomic mass is 10.0. The first kappa shape index (κ1) is 28.7. The van der Waals surface area contributed by atoms with E-state index in [9.17, 15) is 14.4 Å². The second-order valence-corrected chi connectivity index (χ2v) is 8.54. The lowest BCUT2D eigenvalue weighted by Crippen LogP contribution is -2.27. The van der Waals surface area contributed by atoms with Crippen LogP contribution in [0.3, 0.4) is 0 Å². The Hall–Kier alpha value is -4.54. The maximum atomic E-state index is 12.0. The van der Waals surface area contributed by atoms with Crippen LogP contribution in [0.5, 0.6) is 0 Å². The second-order valence-electron chi connectivity index (χ2n) is 8.54. The van der Waals surface area contributed by atoms with E-state index in [-0.39, 0.29) is 26.2 Å². The third kappa shape index (κ3) is 11.6. The molecule has 0 saturated carbocycles. The van der Waals surface area contributed by atoms with Crippen LogP contribution in [0.4, 0.5) is 15.4 Å². The molecular weight excluding hydrogens is 478 g/mol. The number of esters is 1. The number of anilines is 1. The molecule has 37 heavy (non-hydrogen) atoms. The predicted molar refractivity (Wildman–Crippen MR) is 135 cm³/mol. The third-order valence-corrected chi connectivity index (χ3v) is 4.28. The van der Waals surface area contributed by atoms with E-state index in [1.165, 1.54) is 13.3 Å². The van der Waals surface area contributed by atoms with Gasteiger partial charge in [0.25, 0.3) is 0 Å². The normalized spacial score (nSPS) is 10.1. The molecule has 0 fully saturated rings. The number of rotatable bonds is 6. The third-order valence-electron chi connectivity index (χ3n) is 4.28. The number of benzene rings is 1. The topological polar surface area (TPSA) is 136 Å². The van der Waals surface area contributed by atoms with Crippen LogP contribution in [0.1, 0.15) is 43.0 Å². The van der Waals surface area contributed by atoms with Crippen molar-refractivity contribution in [3.63, 3.8) is 0 Å². The fourth-order valence-electron chi connectivity index (χ4n) is 2.80. The molecule has 1 aromatic heterocycles. The number of methoxy groups -OCH3 is 1. The summed E-state index contributed by atoms with van der Waals surface area (Å²) in [5, 5.41) is 14.0. The fourth-order valence-corrected chi connectivity index (χ4v) is 2.80. The molecule has 0 saturated heterocycles. The molecule has 0 atom stereocenters. The Labute approximate surface area is 215 Å². The van der Waals surface area contributed by atoms with E-state index in [0.717, 1.165) is 0 Å². The van der Waals surface area contributed by atoms with Crippen molar-refractivity contribution in [2.75, 3.05) is 25.6 Å². The molecule has 0 aliphatic carbocycles. The Kier molecular flexibility index (Phi) is 11.0. The standard InChI is InChI=1S/C27H29N3O7/c1-27(2,3)37-26(34)30-23-10-9-21(17-28-23)18-29-25(33)36-12-6-8-20-13-19(7-5-11-31)14-22(15-20)16-24(32)35-4/h9-10,13-15,17,31H,11-12,16,18H2,1-4H3,(H,29,33)(H,28,30,34). The van der Waals surface area contributed by atoms with Crippen LogP contribution in [0, 0.1) is 23.7 Å². The minimum Gasteiger partial charge on any atom is -0.469 e. The first-order valence-electron chi connectivity index (χ1n) is 11.2. The monoisotopic (exact) mass is 507 g/mol. The van der Waals surface area contributed by atoms with Crippen molar-refractivity contribution in [1.82, 2.24) is 10.3 Å². The first-order valence-corrected chi connectivity index (χ1v) is 11.2. The van der Waals surface area contributed by atoms with Crippen molar-refractivity contribution >= 4 is 24.0 Å². The summed E-state index contributed by atoms with van der Waals surface area (Å²) in [6, 6.07) is 8.40. The van der Waals surface area contributed by atoms with Crippen LogP contribution in [-0.2, 0) is 32.0 Å². The number of aliphatic hydroxyl groups excluding tert-OH is 1. The van der Waals surface area contributed by atoms with Crippen LogP contribution in [0.2, 0.25) is 0 Å². The van der Waals surface area contributed by atoms with Gasteiger partial charge in [-0.15, -0.1) is 0 Å². The molecule has 194 valence electrons. The Balaban J connectivity index is 1.86. The predicted octanol–water partition coefficient (Wildman–Crippen LogP) is 2.77. The number of carbonyl (C=O) groups is 3. The number of hydrogen-bond acceptors (Lipinski definition) is 8. The molecule has 0 aliphatic rings. The zero-order valence-electron chi connectivity index (χ0n) is 21.1. The summed E-state index contributed by atoms with van der Waals surface area (Å²) in [6.07, 6.45) is 0.274. The maximum absolute atomic E-state index is 12.0. The minimum absolute atomic E-state index is 0.0473. The molecule has 0 aliphatic heterocycles. The summed E-state index contributed by atoms with van der Waals surface area (Å²) in [7, 11) is 1.30. The van der Waals surface area contributed by atoms with Gasteiger partial charge in [0.1, 0.15) is 18.0 Å². The fraction of sp³-hybridized carbons (Fsp3) is 0.333. The molecule has 3 N–H and O–H groups in total. The molecular formula is C27H29N3O7. The van der Waals surface area contributed by atoms with E-state index in [1.807, 2.05) is 0 Å². The zero-order valence-corrected chi connectivity index (χ0v) is 21.1. The van der Waals surface area contributed by atoms with Crippen LogP contribution in [0.15, 0.2) is 36.5 Å². The molecule has 0 radical (unpaired) electrons. The molecule has 2 rings (SSSR count). The van der Waals surface area contributed by atoms with E-state index in [4.69, 9.17) is 19.3 Å². The lowest BCUT2D eigenvalue weighted by Gasteiger charge is -2.19. The number of aromatic nitrogens is 1. The number of hydrogen-bond donors (Lipinski definition) is 3. The van der Waals surface area contributed by atoms with Gasteiger partial charge in [-0.3, -0.25) is 10.1 Å². The summed E-state index contributed by atoms with van der Waals surface area (Å²) in [5.74, 6) is 10.8. The highest BCUT2D eigenvalue weighted by Gasteiger charge is 2.16. The Bertz CT molecular complexity index is 1230. The van der Waals surface area contributed by atoms with E-state index in [1.54, 1.807) is 51.1 Å². The molecule has 10 heteroatoms. The van der Waals surface area contributed by atoms with Gasteiger partial charge in [0, 0.05) is 23.9 Å². The van der Waals surface area contributed by atoms with Gasteiger partial charge in [0.15, 0.2) is 6.61 Å². The van der Waals surface area contributed by atoms with Crippen LogP contribution >= 0.6 is 0 Å². The number of ether oxygens (including phenoxy) is 3. The van der Waals surface area contributed by atoms with E-state index in [0.29, 0.717) is 28.1 Å².